The maximum Gasteiger partial charge on any atom is 0.235 e. The van der Waals surface area contributed by atoms with E-state index in [1.54, 1.807) is 13.0 Å². The number of nitrogens with one attached hydrogen (secondary N) is 2. The van der Waals surface area contributed by atoms with Gasteiger partial charge >= 0.3 is 0 Å². The zero-order valence-corrected chi connectivity index (χ0v) is 14.7. The highest BCUT2D eigenvalue weighted by Gasteiger charge is 2.33. The number of halogens is 1. The van der Waals surface area contributed by atoms with Crippen LogP contribution in [0, 0.1) is 6.92 Å². The number of carbonyl (C=O) groups is 2. The molecule has 7 nitrogen and oxygen atoms in total. The van der Waals surface area contributed by atoms with Crippen LogP contribution < -0.4 is 16.4 Å². The van der Waals surface area contributed by atoms with Crippen molar-refractivity contribution in [1.29, 1.82) is 0 Å². The van der Waals surface area contributed by atoms with Crippen molar-refractivity contribution in [2.75, 3.05) is 23.4 Å². The second-order valence-electron chi connectivity index (χ2n) is 5.60. The van der Waals surface area contributed by atoms with Crippen molar-refractivity contribution in [1.82, 2.24) is 10.5 Å². The van der Waals surface area contributed by atoms with Gasteiger partial charge in [-0.2, -0.15) is 0 Å². The SMILES string of the molecule is Cc1cc(NC(=O)CSCC(=O)NC2(CN)CCCC2)no1.Cl. The zero-order valence-electron chi connectivity index (χ0n) is 13.1. The normalized spacial score (nSPS) is 15.7. The molecule has 1 aliphatic rings. The number of carbonyl (C=O) groups excluding carboxylic acids is 2. The van der Waals surface area contributed by atoms with Crippen molar-refractivity contribution in [2.24, 2.45) is 5.73 Å². The Morgan fingerprint density at radius 2 is 2.00 bits per heavy atom. The first-order valence-corrected chi connectivity index (χ1v) is 8.50. The maximum absolute atomic E-state index is 12.0. The Morgan fingerprint density at radius 3 is 2.57 bits per heavy atom. The van der Waals surface area contributed by atoms with Crippen LogP contribution in [0.1, 0.15) is 31.4 Å². The molecule has 1 heterocycles. The van der Waals surface area contributed by atoms with Gasteiger partial charge in [0.1, 0.15) is 5.76 Å². The van der Waals surface area contributed by atoms with Gasteiger partial charge in [0, 0.05) is 12.6 Å². The molecule has 1 aliphatic carbocycles. The Hall–Kier alpha value is -1.25. The molecule has 1 saturated carbocycles. The van der Waals surface area contributed by atoms with Crippen LogP contribution in [0.3, 0.4) is 0 Å². The average molecular weight is 363 g/mol. The van der Waals surface area contributed by atoms with E-state index in [1.807, 2.05) is 0 Å². The predicted molar refractivity (Wildman–Crippen MR) is 92.8 cm³/mol. The maximum atomic E-state index is 12.0. The van der Waals surface area contributed by atoms with Crippen molar-refractivity contribution in [3.63, 3.8) is 0 Å². The third-order valence-corrected chi connectivity index (χ3v) is 4.65. The Bertz CT molecular complexity index is 532. The molecule has 4 N–H and O–H groups in total. The molecule has 0 atom stereocenters. The third kappa shape index (κ3) is 6.04. The Labute approximate surface area is 145 Å². The van der Waals surface area contributed by atoms with Crippen molar-refractivity contribution in [3.05, 3.63) is 11.8 Å². The summed E-state index contributed by atoms with van der Waals surface area (Å²) in [5, 5.41) is 9.32. The van der Waals surface area contributed by atoms with Gasteiger partial charge in [-0.15, -0.1) is 24.2 Å². The van der Waals surface area contributed by atoms with Crippen LogP contribution >= 0.6 is 24.2 Å². The monoisotopic (exact) mass is 362 g/mol. The lowest BCUT2D eigenvalue weighted by atomic mass is 9.98. The van der Waals surface area contributed by atoms with E-state index in [9.17, 15) is 9.59 Å². The number of nitrogens with zero attached hydrogens (tertiary/aromatic N) is 1. The van der Waals surface area contributed by atoms with Crippen LogP contribution in [-0.4, -0.2) is 40.6 Å². The number of rotatable bonds is 7. The summed E-state index contributed by atoms with van der Waals surface area (Å²) in [7, 11) is 0. The lowest BCUT2D eigenvalue weighted by molar-refractivity contribution is -0.120. The van der Waals surface area contributed by atoms with E-state index in [-0.39, 0.29) is 41.3 Å². The minimum Gasteiger partial charge on any atom is -0.360 e. The van der Waals surface area contributed by atoms with Crippen LogP contribution in [0.15, 0.2) is 10.6 Å². The first-order chi connectivity index (χ1) is 10.5. The minimum atomic E-state index is -0.238. The average Bonchev–Trinajstić information content (AvgIpc) is 3.09. The molecule has 9 heteroatoms. The topological polar surface area (TPSA) is 110 Å². The van der Waals surface area contributed by atoms with Gasteiger partial charge in [-0.3, -0.25) is 9.59 Å². The Morgan fingerprint density at radius 1 is 1.35 bits per heavy atom. The van der Waals surface area contributed by atoms with Crippen LogP contribution in [0.4, 0.5) is 5.82 Å². The third-order valence-electron chi connectivity index (χ3n) is 3.72. The second kappa shape index (κ2) is 9.14. The second-order valence-corrected chi connectivity index (χ2v) is 6.59. The van der Waals surface area contributed by atoms with E-state index in [0.717, 1.165) is 25.7 Å². The van der Waals surface area contributed by atoms with Crippen molar-refractivity contribution < 1.29 is 14.1 Å². The number of nitrogens with two attached hydrogens (primary N) is 1. The fraction of sp³-hybridized carbons (Fsp3) is 0.643. The molecule has 1 aromatic heterocycles. The summed E-state index contributed by atoms with van der Waals surface area (Å²) in [5.74, 6) is 1.18. The Balaban J connectivity index is 0.00000264. The van der Waals surface area contributed by atoms with Gasteiger partial charge in [0.05, 0.1) is 17.0 Å². The molecule has 0 unspecified atom stereocenters. The number of hydrogen-bond acceptors (Lipinski definition) is 6. The van der Waals surface area contributed by atoms with Crippen LogP contribution in [0.5, 0.6) is 0 Å². The van der Waals surface area contributed by atoms with Crippen LogP contribution in [0.25, 0.3) is 0 Å². The first kappa shape index (κ1) is 19.8. The summed E-state index contributed by atoms with van der Waals surface area (Å²) in [6, 6.07) is 1.64. The van der Waals surface area contributed by atoms with Gasteiger partial charge in [0.25, 0.3) is 0 Å². The zero-order chi connectivity index (χ0) is 16.0. The van der Waals surface area contributed by atoms with E-state index < -0.39 is 0 Å². The Kier molecular flexibility index (Phi) is 7.87. The molecule has 0 spiro atoms. The molecule has 2 rings (SSSR count). The van der Waals surface area contributed by atoms with Gasteiger partial charge in [0.15, 0.2) is 5.82 Å². The molecule has 0 saturated heterocycles. The van der Waals surface area contributed by atoms with E-state index >= 15 is 0 Å². The van der Waals surface area contributed by atoms with E-state index in [0.29, 0.717) is 18.1 Å². The molecule has 23 heavy (non-hydrogen) atoms. The lowest BCUT2D eigenvalue weighted by Crippen LogP contribution is -2.52. The standard InChI is InChI=1S/C14H22N4O3S.ClH/c1-10-6-11(18-21-10)16-12(19)7-22-8-13(20)17-14(9-15)4-2-3-5-14;/h6H,2-5,7-9,15H2,1H3,(H,17,20)(H,16,18,19);1H. The minimum absolute atomic E-state index is 0. The number of aryl methyl sites for hydroxylation is 1. The number of thioether (sulfide) groups is 1. The highest BCUT2D eigenvalue weighted by Crippen LogP contribution is 2.28. The number of anilines is 1. The summed E-state index contributed by atoms with van der Waals surface area (Å²) in [5.41, 5.74) is 5.54. The summed E-state index contributed by atoms with van der Waals surface area (Å²) < 4.78 is 4.86. The number of amides is 2. The predicted octanol–water partition coefficient (Wildman–Crippen LogP) is 1.46. The molecule has 130 valence electrons. The fourth-order valence-electron chi connectivity index (χ4n) is 2.60. The molecule has 0 bridgehead atoms. The molecular formula is C14H23ClN4O3S. The van der Waals surface area contributed by atoms with Crippen LogP contribution in [-0.2, 0) is 9.59 Å². The van der Waals surface area contributed by atoms with Gasteiger partial charge in [0.2, 0.25) is 11.8 Å². The molecule has 1 aromatic rings. The highest BCUT2D eigenvalue weighted by molar-refractivity contribution is 8.00. The summed E-state index contributed by atoms with van der Waals surface area (Å²) in [6.07, 6.45) is 4.08. The summed E-state index contributed by atoms with van der Waals surface area (Å²) >= 11 is 1.26. The number of hydrogen-bond donors (Lipinski definition) is 3. The molecule has 0 aliphatic heterocycles. The smallest absolute Gasteiger partial charge is 0.235 e. The molecule has 0 radical (unpaired) electrons. The van der Waals surface area contributed by atoms with Crippen molar-refractivity contribution in [3.8, 4) is 0 Å². The highest BCUT2D eigenvalue weighted by atomic mass is 35.5. The number of aromatic nitrogens is 1. The van der Waals surface area contributed by atoms with E-state index in [1.165, 1.54) is 11.8 Å². The van der Waals surface area contributed by atoms with Gasteiger partial charge in [-0.25, -0.2) is 0 Å². The largest absolute Gasteiger partial charge is 0.360 e. The fourth-order valence-corrected chi connectivity index (χ4v) is 3.22. The van der Waals surface area contributed by atoms with Gasteiger partial charge in [-0.1, -0.05) is 18.0 Å². The molecule has 0 aromatic carbocycles. The van der Waals surface area contributed by atoms with Crippen molar-refractivity contribution in [2.45, 2.75) is 38.1 Å². The summed E-state index contributed by atoms with van der Waals surface area (Å²) in [6.45, 7) is 2.22. The van der Waals surface area contributed by atoms with Crippen molar-refractivity contribution >= 4 is 41.8 Å². The molecule has 2 amide bonds. The molecular weight excluding hydrogens is 340 g/mol. The van der Waals surface area contributed by atoms with E-state index in [4.69, 9.17) is 10.3 Å². The van der Waals surface area contributed by atoms with Gasteiger partial charge in [-0.05, 0) is 19.8 Å². The summed E-state index contributed by atoms with van der Waals surface area (Å²) in [4.78, 5) is 23.7. The quantitative estimate of drug-likeness (QED) is 0.677. The van der Waals surface area contributed by atoms with Gasteiger partial charge < -0.3 is 20.9 Å². The molecule has 1 fully saturated rings. The lowest BCUT2D eigenvalue weighted by Gasteiger charge is -2.28. The van der Waals surface area contributed by atoms with E-state index in [2.05, 4.69) is 15.8 Å². The van der Waals surface area contributed by atoms with Crippen LogP contribution in [0.2, 0.25) is 0 Å². The first-order valence-electron chi connectivity index (χ1n) is 7.35.